The standard InChI is InChI=1S/C19H27N5O/c1-19(20)10-4-2-6-15(19)18(25)23-12-8-14(9-13-23)17-22-21-16-7-3-5-11-24(16)17/h3,5,7,11,14-15H,2,4,6,8-10,12-13,20H2,1H3. The molecule has 1 aliphatic heterocycles. The fourth-order valence-corrected chi connectivity index (χ4v) is 4.48. The number of nitrogens with two attached hydrogens (primary N) is 1. The number of amides is 1. The maximum Gasteiger partial charge on any atom is 0.227 e. The fraction of sp³-hybridized carbons (Fsp3) is 0.632. The lowest BCUT2D eigenvalue weighted by Crippen LogP contribution is -2.54. The molecule has 1 saturated carbocycles. The maximum absolute atomic E-state index is 13.0. The van der Waals surface area contributed by atoms with E-state index in [1.807, 2.05) is 36.2 Å². The molecule has 2 aromatic heterocycles. The van der Waals surface area contributed by atoms with Gasteiger partial charge in [-0.25, -0.2) is 0 Å². The number of aromatic nitrogens is 3. The molecule has 134 valence electrons. The molecule has 0 radical (unpaired) electrons. The van der Waals surface area contributed by atoms with Gasteiger partial charge in [0.15, 0.2) is 5.65 Å². The Hall–Kier alpha value is -1.95. The number of pyridine rings is 1. The van der Waals surface area contributed by atoms with Gasteiger partial charge in [0.05, 0.1) is 5.92 Å². The van der Waals surface area contributed by atoms with Gasteiger partial charge in [-0.05, 0) is 44.7 Å². The normalized spacial score (nSPS) is 28.4. The number of hydrogen-bond acceptors (Lipinski definition) is 4. The van der Waals surface area contributed by atoms with Crippen molar-refractivity contribution in [2.45, 2.75) is 56.9 Å². The molecule has 2 atom stereocenters. The monoisotopic (exact) mass is 341 g/mol. The SMILES string of the molecule is CC1(N)CCCCC1C(=O)N1CCC(c2nnc3ccccn23)CC1. The van der Waals surface area contributed by atoms with Crippen LogP contribution in [0.1, 0.15) is 57.2 Å². The molecule has 0 bridgehead atoms. The molecule has 2 N–H and O–H groups in total. The predicted molar refractivity (Wildman–Crippen MR) is 96.1 cm³/mol. The van der Waals surface area contributed by atoms with Crippen molar-refractivity contribution in [1.82, 2.24) is 19.5 Å². The van der Waals surface area contributed by atoms with E-state index in [1.54, 1.807) is 0 Å². The second-order valence-electron chi connectivity index (χ2n) is 7.89. The van der Waals surface area contributed by atoms with E-state index in [0.29, 0.717) is 5.92 Å². The summed E-state index contributed by atoms with van der Waals surface area (Å²) in [5, 5.41) is 8.65. The minimum absolute atomic E-state index is 0.0216. The van der Waals surface area contributed by atoms with Gasteiger partial charge in [-0.2, -0.15) is 0 Å². The van der Waals surface area contributed by atoms with Crippen molar-refractivity contribution in [2.75, 3.05) is 13.1 Å². The van der Waals surface area contributed by atoms with Crippen LogP contribution in [0.3, 0.4) is 0 Å². The van der Waals surface area contributed by atoms with Gasteiger partial charge in [0.25, 0.3) is 0 Å². The van der Waals surface area contributed by atoms with Crippen LogP contribution in [0, 0.1) is 5.92 Å². The van der Waals surface area contributed by atoms with E-state index in [9.17, 15) is 4.79 Å². The van der Waals surface area contributed by atoms with Gasteiger partial charge in [-0.15, -0.1) is 10.2 Å². The zero-order chi connectivity index (χ0) is 17.4. The van der Waals surface area contributed by atoms with Gasteiger partial charge in [0, 0.05) is 30.7 Å². The van der Waals surface area contributed by atoms with E-state index in [4.69, 9.17) is 5.73 Å². The molecule has 0 aromatic carbocycles. The summed E-state index contributed by atoms with van der Waals surface area (Å²) in [5.41, 5.74) is 6.96. The van der Waals surface area contributed by atoms with Crippen molar-refractivity contribution in [3.63, 3.8) is 0 Å². The number of carbonyl (C=O) groups excluding carboxylic acids is 1. The van der Waals surface area contributed by atoms with E-state index < -0.39 is 0 Å². The number of piperidine rings is 1. The maximum atomic E-state index is 13.0. The first kappa shape index (κ1) is 16.5. The van der Waals surface area contributed by atoms with Crippen LogP contribution < -0.4 is 5.73 Å². The summed E-state index contributed by atoms with van der Waals surface area (Å²) >= 11 is 0. The molecule has 0 spiro atoms. The van der Waals surface area contributed by atoms with Crippen LogP contribution in [0.25, 0.3) is 5.65 Å². The quantitative estimate of drug-likeness (QED) is 0.909. The van der Waals surface area contributed by atoms with Crippen LogP contribution in [0.4, 0.5) is 0 Å². The van der Waals surface area contributed by atoms with Crippen LogP contribution in [0.15, 0.2) is 24.4 Å². The van der Waals surface area contributed by atoms with Gasteiger partial charge in [-0.1, -0.05) is 18.9 Å². The lowest BCUT2D eigenvalue weighted by Gasteiger charge is -2.41. The van der Waals surface area contributed by atoms with Crippen LogP contribution >= 0.6 is 0 Å². The van der Waals surface area contributed by atoms with E-state index >= 15 is 0 Å². The molecule has 3 heterocycles. The van der Waals surface area contributed by atoms with Crippen molar-refractivity contribution in [3.8, 4) is 0 Å². The summed E-state index contributed by atoms with van der Waals surface area (Å²) < 4.78 is 2.07. The fourth-order valence-electron chi connectivity index (χ4n) is 4.48. The first-order valence-electron chi connectivity index (χ1n) is 9.43. The van der Waals surface area contributed by atoms with Crippen LogP contribution in [-0.2, 0) is 4.79 Å². The van der Waals surface area contributed by atoms with Crippen LogP contribution in [0.2, 0.25) is 0 Å². The van der Waals surface area contributed by atoms with Crippen LogP contribution in [-0.4, -0.2) is 44.0 Å². The lowest BCUT2D eigenvalue weighted by atomic mass is 9.73. The number of nitrogens with zero attached hydrogens (tertiary/aromatic N) is 4. The molecule has 6 heteroatoms. The summed E-state index contributed by atoms with van der Waals surface area (Å²) in [5.74, 6) is 1.61. The zero-order valence-corrected chi connectivity index (χ0v) is 14.9. The van der Waals surface area contributed by atoms with Gasteiger partial charge in [0.1, 0.15) is 5.82 Å². The third kappa shape index (κ3) is 3.03. The Morgan fingerprint density at radius 2 is 2.00 bits per heavy atom. The number of rotatable bonds is 2. The number of hydrogen-bond donors (Lipinski definition) is 1. The molecule has 1 saturated heterocycles. The molecule has 2 aliphatic rings. The summed E-state index contributed by atoms with van der Waals surface area (Å²) in [6.07, 6.45) is 8.03. The summed E-state index contributed by atoms with van der Waals surface area (Å²) in [4.78, 5) is 15.0. The molecule has 2 fully saturated rings. The predicted octanol–water partition coefficient (Wildman–Crippen LogP) is 2.34. The highest BCUT2D eigenvalue weighted by Crippen LogP contribution is 2.35. The summed E-state index contributed by atoms with van der Waals surface area (Å²) in [6, 6.07) is 5.95. The van der Waals surface area contributed by atoms with Gasteiger partial charge >= 0.3 is 0 Å². The van der Waals surface area contributed by atoms with Crippen molar-refractivity contribution in [1.29, 1.82) is 0 Å². The Bertz CT molecular complexity index is 760. The lowest BCUT2D eigenvalue weighted by molar-refractivity contribution is -0.140. The largest absolute Gasteiger partial charge is 0.342 e. The minimum atomic E-state index is -0.352. The van der Waals surface area contributed by atoms with E-state index in [-0.39, 0.29) is 17.4 Å². The Balaban J connectivity index is 1.44. The van der Waals surface area contributed by atoms with Crippen molar-refractivity contribution in [3.05, 3.63) is 30.2 Å². The second kappa shape index (κ2) is 6.41. The second-order valence-corrected chi connectivity index (χ2v) is 7.89. The van der Waals surface area contributed by atoms with Crippen molar-refractivity contribution < 1.29 is 4.79 Å². The van der Waals surface area contributed by atoms with Gasteiger partial charge in [-0.3, -0.25) is 9.20 Å². The third-order valence-electron chi connectivity index (χ3n) is 6.06. The molecular formula is C19H27N5O. The van der Waals surface area contributed by atoms with E-state index in [1.165, 1.54) is 0 Å². The first-order chi connectivity index (χ1) is 12.1. The Labute approximate surface area is 148 Å². The third-order valence-corrected chi connectivity index (χ3v) is 6.06. The van der Waals surface area contributed by atoms with Gasteiger partial charge in [0.2, 0.25) is 5.91 Å². The topological polar surface area (TPSA) is 76.5 Å². The molecule has 2 aromatic rings. The molecule has 25 heavy (non-hydrogen) atoms. The Morgan fingerprint density at radius 1 is 1.20 bits per heavy atom. The number of fused-ring (bicyclic) bond motifs is 1. The minimum Gasteiger partial charge on any atom is -0.342 e. The highest BCUT2D eigenvalue weighted by molar-refractivity contribution is 5.80. The molecule has 1 aliphatic carbocycles. The Morgan fingerprint density at radius 3 is 2.76 bits per heavy atom. The van der Waals surface area contributed by atoms with Crippen LogP contribution in [0.5, 0.6) is 0 Å². The molecule has 2 unspecified atom stereocenters. The molecule has 4 rings (SSSR count). The Kier molecular flexibility index (Phi) is 4.23. The average molecular weight is 341 g/mol. The van der Waals surface area contributed by atoms with Crippen molar-refractivity contribution in [2.24, 2.45) is 11.7 Å². The number of likely N-dealkylation sites (tertiary alicyclic amines) is 1. The summed E-state index contributed by atoms with van der Waals surface area (Å²) in [6.45, 7) is 3.62. The van der Waals surface area contributed by atoms with Gasteiger partial charge < -0.3 is 10.6 Å². The first-order valence-corrected chi connectivity index (χ1v) is 9.43. The smallest absolute Gasteiger partial charge is 0.227 e. The molecule has 6 nitrogen and oxygen atoms in total. The van der Waals surface area contributed by atoms with E-state index in [0.717, 1.165) is 63.1 Å². The number of carbonyl (C=O) groups is 1. The molecule has 1 amide bonds. The zero-order valence-electron chi connectivity index (χ0n) is 14.9. The van der Waals surface area contributed by atoms with Crippen molar-refractivity contribution >= 4 is 11.6 Å². The highest BCUT2D eigenvalue weighted by Gasteiger charge is 2.40. The van der Waals surface area contributed by atoms with E-state index in [2.05, 4.69) is 14.6 Å². The molecular weight excluding hydrogens is 314 g/mol. The summed E-state index contributed by atoms with van der Waals surface area (Å²) in [7, 11) is 0. The average Bonchev–Trinajstić information content (AvgIpc) is 3.05. The highest BCUT2D eigenvalue weighted by atomic mass is 16.2.